The van der Waals surface area contributed by atoms with E-state index in [1.807, 2.05) is 0 Å². The van der Waals surface area contributed by atoms with E-state index in [1.54, 1.807) is 0 Å². The first-order valence-corrected chi connectivity index (χ1v) is 6.20. The molecule has 0 amide bonds. The van der Waals surface area contributed by atoms with Gasteiger partial charge in [0.25, 0.3) is 0 Å². The van der Waals surface area contributed by atoms with Crippen LogP contribution >= 0.6 is 47.8 Å². The number of hydrogen-bond acceptors (Lipinski definition) is 0. The van der Waals surface area contributed by atoms with Crippen LogP contribution < -0.4 is 0 Å². The van der Waals surface area contributed by atoms with Gasteiger partial charge >= 0.3 is 0 Å². The third kappa shape index (κ3) is 2.56. The third-order valence-corrected chi connectivity index (χ3v) is 3.43. The summed E-state index contributed by atoms with van der Waals surface area (Å²) in [7, 11) is 0. The first kappa shape index (κ1) is 9.75. The third-order valence-electron chi connectivity index (χ3n) is 1.41. The molecule has 0 saturated heterocycles. The zero-order valence-electron chi connectivity index (χ0n) is 5.78. The molecule has 0 aromatic heterocycles. The Morgan fingerprint density at radius 1 is 1.09 bits per heavy atom. The minimum atomic E-state index is 0.897. The van der Waals surface area contributed by atoms with E-state index in [0.717, 1.165) is 10.7 Å². The maximum absolute atomic E-state index is 3.47. The lowest BCUT2D eigenvalue weighted by molar-refractivity contribution is 1.33. The molecule has 0 aliphatic rings. The smallest absolute Gasteiger partial charge is 0.0294 e. The lowest BCUT2D eigenvalue weighted by atomic mass is 10.2. The fraction of sp³-hybridized carbons (Fsp3) is 0.250. The van der Waals surface area contributed by atoms with E-state index in [-0.39, 0.29) is 0 Å². The summed E-state index contributed by atoms with van der Waals surface area (Å²) in [5.74, 6) is 0. The van der Waals surface area contributed by atoms with E-state index in [2.05, 4.69) is 66.0 Å². The molecule has 0 aliphatic carbocycles. The summed E-state index contributed by atoms with van der Waals surface area (Å²) in [6.45, 7) is 0. The van der Waals surface area contributed by atoms with Crippen molar-refractivity contribution < 1.29 is 0 Å². The maximum Gasteiger partial charge on any atom is 0.0294 e. The molecule has 0 fully saturated rings. The van der Waals surface area contributed by atoms with Crippen LogP contribution in [-0.2, 0) is 10.7 Å². The zero-order chi connectivity index (χ0) is 8.27. The van der Waals surface area contributed by atoms with Crippen molar-refractivity contribution in [3.05, 3.63) is 33.8 Å². The van der Waals surface area contributed by atoms with E-state index in [4.69, 9.17) is 0 Å². The molecule has 0 radical (unpaired) electrons. The highest BCUT2D eigenvalue weighted by Crippen LogP contribution is 2.21. The standard InChI is InChI=1S/C8H7Br3/c9-4-6-1-2-8(11)7(3-6)5-10/h1-3H,4-5H2. The molecule has 0 atom stereocenters. The van der Waals surface area contributed by atoms with Crippen molar-refractivity contribution in [2.45, 2.75) is 10.7 Å². The predicted octanol–water partition coefficient (Wildman–Crippen LogP) is 4.24. The molecular formula is C8H7Br3. The molecule has 11 heavy (non-hydrogen) atoms. The Bertz CT molecular complexity index is 245. The van der Waals surface area contributed by atoms with Gasteiger partial charge in [-0.1, -0.05) is 59.9 Å². The van der Waals surface area contributed by atoms with Crippen molar-refractivity contribution in [1.29, 1.82) is 0 Å². The summed E-state index contributed by atoms with van der Waals surface area (Å²) < 4.78 is 1.17. The van der Waals surface area contributed by atoms with Gasteiger partial charge in [0.15, 0.2) is 0 Å². The van der Waals surface area contributed by atoms with Gasteiger partial charge in [-0.05, 0) is 17.2 Å². The molecule has 0 aliphatic heterocycles. The zero-order valence-corrected chi connectivity index (χ0v) is 10.5. The molecule has 0 bridgehead atoms. The van der Waals surface area contributed by atoms with E-state index in [0.29, 0.717) is 0 Å². The van der Waals surface area contributed by atoms with Crippen LogP contribution in [0.3, 0.4) is 0 Å². The molecule has 0 spiro atoms. The van der Waals surface area contributed by atoms with Gasteiger partial charge in [-0.2, -0.15) is 0 Å². The number of hydrogen-bond donors (Lipinski definition) is 0. The van der Waals surface area contributed by atoms with E-state index in [1.165, 1.54) is 15.6 Å². The van der Waals surface area contributed by atoms with Crippen molar-refractivity contribution in [2.24, 2.45) is 0 Å². The fourth-order valence-electron chi connectivity index (χ4n) is 0.814. The number of halogens is 3. The number of alkyl halides is 2. The van der Waals surface area contributed by atoms with Crippen molar-refractivity contribution in [3.63, 3.8) is 0 Å². The molecule has 1 aromatic rings. The molecule has 60 valence electrons. The van der Waals surface area contributed by atoms with Crippen molar-refractivity contribution >= 4 is 47.8 Å². The van der Waals surface area contributed by atoms with E-state index < -0.39 is 0 Å². The van der Waals surface area contributed by atoms with Gasteiger partial charge in [0.05, 0.1) is 0 Å². The van der Waals surface area contributed by atoms with Crippen molar-refractivity contribution in [3.8, 4) is 0 Å². The SMILES string of the molecule is BrCc1ccc(Br)c(CBr)c1. The van der Waals surface area contributed by atoms with Crippen LogP contribution in [-0.4, -0.2) is 0 Å². The topological polar surface area (TPSA) is 0 Å². The van der Waals surface area contributed by atoms with Crippen LogP contribution in [0.4, 0.5) is 0 Å². The molecule has 0 N–H and O–H groups in total. The molecule has 0 unspecified atom stereocenters. The van der Waals surface area contributed by atoms with Crippen LogP contribution in [0.15, 0.2) is 22.7 Å². The van der Waals surface area contributed by atoms with Crippen LogP contribution in [0.1, 0.15) is 11.1 Å². The first-order chi connectivity index (χ1) is 5.27. The summed E-state index contributed by atoms with van der Waals surface area (Å²) in [4.78, 5) is 0. The Morgan fingerprint density at radius 2 is 1.82 bits per heavy atom. The largest absolute Gasteiger partial charge is 0.0876 e. The van der Waals surface area contributed by atoms with Gasteiger partial charge in [-0.3, -0.25) is 0 Å². The van der Waals surface area contributed by atoms with Gasteiger partial charge < -0.3 is 0 Å². The van der Waals surface area contributed by atoms with Gasteiger partial charge in [-0.15, -0.1) is 0 Å². The minimum Gasteiger partial charge on any atom is -0.0876 e. The Labute approximate surface area is 91.8 Å². The molecule has 0 nitrogen and oxygen atoms in total. The minimum absolute atomic E-state index is 0.897. The van der Waals surface area contributed by atoms with E-state index >= 15 is 0 Å². The molecule has 3 heteroatoms. The summed E-state index contributed by atoms with van der Waals surface area (Å²) in [5, 5.41) is 1.81. The fourth-order valence-corrected chi connectivity index (χ4v) is 2.39. The monoisotopic (exact) mass is 340 g/mol. The van der Waals surface area contributed by atoms with Gasteiger partial charge in [0.2, 0.25) is 0 Å². The van der Waals surface area contributed by atoms with Crippen molar-refractivity contribution in [2.75, 3.05) is 0 Å². The highest BCUT2D eigenvalue weighted by atomic mass is 79.9. The number of benzene rings is 1. The normalized spacial score (nSPS) is 10.1. The molecule has 0 saturated carbocycles. The van der Waals surface area contributed by atoms with Gasteiger partial charge in [-0.25, -0.2) is 0 Å². The summed E-state index contributed by atoms with van der Waals surface area (Å²) in [6, 6.07) is 6.35. The second-order valence-corrected chi connectivity index (χ2v) is 4.17. The van der Waals surface area contributed by atoms with E-state index in [9.17, 15) is 0 Å². The summed E-state index contributed by atoms with van der Waals surface area (Å²) in [5.41, 5.74) is 2.60. The van der Waals surface area contributed by atoms with Crippen LogP contribution in [0.5, 0.6) is 0 Å². The van der Waals surface area contributed by atoms with Crippen molar-refractivity contribution in [1.82, 2.24) is 0 Å². The summed E-state index contributed by atoms with van der Waals surface area (Å²) >= 11 is 10.3. The average Bonchev–Trinajstić information content (AvgIpc) is 2.05. The predicted molar refractivity (Wildman–Crippen MR) is 59.4 cm³/mol. The first-order valence-electron chi connectivity index (χ1n) is 3.17. The highest BCUT2D eigenvalue weighted by Gasteiger charge is 1.98. The second kappa shape index (κ2) is 4.63. The average molecular weight is 343 g/mol. The lowest BCUT2D eigenvalue weighted by Crippen LogP contribution is -1.83. The second-order valence-electron chi connectivity index (χ2n) is 2.19. The van der Waals surface area contributed by atoms with Crippen LogP contribution in [0.2, 0.25) is 0 Å². The van der Waals surface area contributed by atoms with Crippen LogP contribution in [0, 0.1) is 0 Å². The molecular weight excluding hydrogens is 336 g/mol. The maximum atomic E-state index is 3.47. The Hall–Kier alpha value is 0.660. The Balaban J connectivity index is 3.02. The summed E-state index contributed by atoms with van der Waals surface area (Å²) in [6.07, 6.45) is 0. The molecule has 0 heterocycles. The van der Waals surface area contributed by atoms with Gasteiger partial charge in [0, 0.05) is 15.1 Å². The quantitative estimate of drug-likeness (QED) is 0.705. The highest BCUT2D eigenvalue weighted by molar-refractivity contribution is 9.10. The Kier molecular flexibility index (Phi) is 4.10. The van der Waals surface area contributed by atoms with Gasteiger partial charge in [0.1, 0.15) is 0 Å². The molecule has 1 rings (SSSR count). The molecule has 1 aromatic carbocycles. The van der Waals surface area contributed by atoms with Crippen LogP contribution in [0.25, 0.3) is 0 Å². The number of rotatable bonds is 2. The Morgan fingerprint density at radius 3 is 2.36 bits per heavy atom. The lowest BCUT2D eigenvalue weighted by Gasteiger charge is -2.01.